The van der Waals surface area contributed by atoms with Crippen LogP contribution in [-0.4, -0.2) is 12.5 Å². The third-order valence-corrected chi connectivity index (χ3v) is 2.85. The molecule has 106 valence electrons. The van der Waals surface area contributed by atoms with Gasteiger partial charge in [-0.25, -0.2) is 4.39 Å². The number of benzene rings is 2. The number of carbonyl (C=O) groups excluding carboxylic acids is 1. The van der Waals surface area contributed by atoms with Gasteiger partial charge in [0.25, 0.3) is 5.91 Å². The van der Waals surface area contributed by atoms with Crippen LogP contribution in [0.15, 0.2) is 42.5 Å². The van der Waals surface area contributed by atoms with Crippen LogP contribution in [0.25, 0.3) is 0 Å². The predicted molar refractivity (Wildman–Crippen MR) is 81.5 cm³/mol. The molecule has 0 aliphatic heterocycles. The van der Waals surface area contributed by atoms with E-state index in [2.05, 4.69) is 17.2 Å². The first-order valence-electron chi connectivity index (χ1n) is 6.46. The second kappa shape index (κ2) is 6.69. The van der Waals surface area contributed by atoms with Crippen LogP contribution in [0.4, 0.5) is 10.1 Å². The number of hydrogen-bond acceptors (Lipinski definition) is 2. The maximum Gasteiger partial charge on any atom is 0.255 e. The average molecular weight is 282 g/mol. The van der Waals surface area contributed by atoms with Crippen molar-refractivity contribution >= 4 is 11.6 Å². The standard InChI is InChI=1S/C17H15FN2O/c1-12-4-9-16(14(11-12)3-2-10-19)20-17(21)13-5-7-15(18)8-6-13/h4-9,11H,10,19H2,1H3,(H,20,21). The molecule has 0 saturated carbocycles. The van der Waals surface area contributed by atoms with Gasteiger partial charge in [-0.3, -0.25) is 4.79 Å². The van der Waals surface area contributed by atoms with Gasteiger partial charge in [0.1, 0.15) is 5.82 Å². The molecule has 0 spiro atoms. The highest BCUT2D eigenvalue weighted by atomic mass is 19.1. The van der Waals surface area contributed by atoms with Crippen molar-refractivity contribution in [2.24, 2.45) is 5.73 Å². The average Bonchev–Trinajstić information content (AvgIpc) is 2.48. The summed E-state index contributed by atoms with van der Waals surface area (Å²) >= 11 is 0. The van der Waals surface area contributed by atoms with E-state index in [1.807, 2.05) is 19.1 Å². The molecule has 0 unspecified atom stereocenters. The van der Waals surface area contributed by atoms with Crippen LogP contribution in [0.3, 0.4) is 0 Å². The lowest BCUT2D eigenvalue weighted by Crippen LogP contribution is -2.13. The maximum absolute atomic E-state index is 12.9. The second-order valence-electron chi connectivity index (χ2n) is 4.52. The lowest BCUT2D eigenvalue weighted by molar-refractivity contribution is 0.102. The normalized spacial score (nSPS) is 9.67. The lowest BCUT2D eigenvalue weighted by Gasteiger charge is -2.08. The summed E-state index contributed by atoms with van der Waals surface area (Å²) in [7, 11) is 0. The number of nitrogens with one attached hydrogen (secondary N) is 1. The summed E-state index contributed by atoms with van der Waals surface area (Å²) in [6.07, 6.45) is 0. The highest BCUT2D eigenvalue weighted by Gasteiger charge is 2.08. The molecule has 0 heterocycles. The van der Waals surface area contributed by atoms with E-state index in [1.165, 1.54) is 24.3 Å². The number of rotatable bonds is 2. The van der Waals surface area contributed by atoms with E-state index in [-0.39, 0.29) is 18.3 Å². The van der Waals surface area contributed by atoms with Crippen molar-refractivity contribution in [1.82, 2.24) is 0 Å². The molecular weight excluding hydrogens is 267 g/mol. The molecule has 0 saturated heterocycles. The summed E-state index contributed by atoms with van der Waals surface area (Å²) in [5.41, 5.74) is 8.11. The Balaban J connectivity index is 2.26. The molecule has 0 aliphatic carbocycles. The van der Waals surface area contributed by atoms with Gasteiger partial charge in [-0.05, 0) is 48.9 Å². The molecule has 0 aromatic heterocycles. The summed E-state index contributed by atoms with van der Waals surface area (Å²) in [4.78, 5) is 12.1. The van der Waals surface area contributed by atoms with E-state index in [9.17, 15) is 9.18 Å². The number of halogens is 1. The Morgan fingerprint density at radius 1 is 1.24 bits per heavy atom. The van der Waals surface area contributed by atoms with Crippen LogP contribution in [0.1, 0.15) is 21.5 Å². The van der Waals surface area contributed by atoms with E-state index < -0.39 is 0 Å². The van der Waals surface area contributed by atoms with Gasteiger partial charge in [-0.1, -0.05) is 17.9 Å². The molecule has 0 bridgehead atoms. The van der Waals surface area contributed by atoms with Crippen LogP contribution >= 0.6 is 0 Å². The van der Waals surface area contributed by atoms with Crippen LogP contribution in [0.2, 0.25) is 0 Å². The van der Waals surface area contributed by atoms with Crippen molar-refractivity contribution in [3.8, 4) is 11.8 Å². The molecular formula is C17H15FN2O. The number of amides is 1. The van der Waals surface area contributed by atoms with Gasteiger partial charge in [0.05, 0.1) is 12.2 Å². The Bertz CT molecular complexity index is 712. The predicted octanol–water partition coefficient (Wildman–Crippen LogP) is 2.70. The van der Waals surface area contributed by atoms with Crippen LogP contribution in [-0.2, 0) is 0 Å². The molecule has 2 rings (SSSR count). The Labute approximate surface area is 123 Å². The van der Waals surface area contributed by atoms with Crippen molar-refractivity contribution in [2.75, 3.05) is 11.9 Å². The molecule has 1 amide bonds. The Morgan fingerprint density at radius 3 is 2.62 bits per heavy atom. The van der Waals surface area contributed by atoms with Crippen LogP contribution < -0.4 is 11.1 Å². The van der Waals surface area contributed by atoms with Gasteiger partial charge >= 0.3 is 0 Å². The molecule has 0 fully saturated rings. The molecule has 3 N–H and O–H groups in total. The molecule has 21 heavy (non-hydrogen) atoms. The first kappa shape index (κ1) is 14.8. The van der Waals surface area contributed by atoms with Gasteiger partial charge in [0.2, 0.25) is 0 Å². The molecule has 2 aromatic carbocycles. The summed E-state index contributed by atoms with van der Waals surface area (Å²) in [5, 5.41) is 2.78. The van der Waals surface area contributed by atoms with Crippen LogP contribution in [0.5, 0.6) is 0 Å². The highest BCUT2D eigenvalue weighted by Crippen LogP contribution is 2.17. The fraction of sp³-hybridized carbons (Fsp3) is 0.118. The number of carbonyl (C=O) groups is 1. The zero-order valence-corrected chi connectivity index (χ0v) is 11.6. The van der Waals surface area contributed by atoms with E-state index in [1.54, 1.807) is 6.07 Å². The summed E-state index contributed by atoms with van der Waals surface area (Å²) in [5.74, 6) is 5.01. The first-order chi connectivity index (χ1) is 10.1. The Kier molecular flexibility index (Phi) is 4.70. The van der Waals surface area contributed by atoms with Gasteiger partial charge in [0, 0.05) is 11.1 Å². The topological polar surface area (TPSA) is 55.1 Å². The summed E-state index contributed by atoms with van der Waals surface area (Å²) in [6.45, 7) is 2.19. The van der Waals surface area contributed by atoms with Crippen LogP contribution in [0, 0.1) is 24.6 Å². The second-order valence-corrected chi connectivity index (χ2v) is 4.52. The van der Waals surface area contributed by atoms with Crippen molar-refractivity contribution < 1.29 is 9.18 Å². The zero-order chi connectivity index (χ0) is 15.2. The molecule has 2 aromatic rings. The zero-order valence-electron chi connectivity index (χ0n) is 11.6. The fourth-order valence-corrected chi connectivity index (χ4v) is 1.81. The molecule has 0 radical (unpaired) electrons. The minimum atomic E-state index is -0.378. The minimum Gasteiger partial charge on any atom is -0.321 e. The maximum atomic E-state index is 12.9. The number of anilines is 1. The van der Waals surface area contributed by atoms with Gasteiger partial charge in [-0.2, -0.15) is 0 Å². The highest BCUT2D eigenvalue weighted by molar-refractivity contribution is 6.04. The van der Waals surface area contributed by atoms with Gasteiger partial charge in [-0.15, -0.1) is 0 Å². The van der Waals surface area contributed by atoms with E-state index in [0.29, 0.717) is 16.8 Å². The Hall–Kier alpha value is -2.64. The fourth-order valence-electron chi connectivity index (χ4n) is 1.81. The first-order valence-corrected chi connectivity index (χ1v) is 6.46. The largest absolute Gasteiger partial charge is 0.321 e. The molecule has 3 nitrogen and oxygen atoms in total. The summed E-state index contributed by atoms with van der Waals surface area (Å²) in [6, 6.07) is 10.9. The van der Waals surface area contributed by atoms with Gasteiger partial charge < -0.3 is 11.1 Å². The smallest absolute Gasteiger partial charge is 0.255 e. The third-order valence-electron chi connectivity index (χ3n) is 2.85. The van der Waals surface area contributed by atoms with Crippen molar-refractivity contribution in [1.29, 1.82) is 0 Å². The Morgan fingerprint density at radius 2 is 1.95 bits per heavy atom. The molecule has 4 heteroatoms. The molecule has 0 aliphatic rings. The van der Waals surface area contributed by atoms with Gasteiger partial charge in [0.15, 0.2) is 0 Å². The van der Waals surface area contributed by atoms with E-state index in [4.69, 9.17) is 5.73 Å². The SMILES string of the molecule is Cc1ccc(NC(=O)c2ccc(F)cc2)c(C#CCN)c1. The number of aryl methyl sites for hydroxylation is 1. The minimum absolute atomic E-state index is 0.249. The lowest BCUT2D eigenvalue weighted by atomic mass is 10.1. The molecule has 0 atom stereocenters. The van der Waals surface area contributed by atoms with Crippen molar-refractivity contribution in [2.45, 2.75) is 6.92 Å². The summed E-state index contributed by atoms with van der Waals surface area (Å²) < 4.78 is 12.9. The van der Waals surface area contributed by atoms with Crippen molar-refractivity contribution in [3.05, 3.63) is 65.0 Å². The van der Waals surface area contributed by atoms with E-state index >= 15 is 0 Å². The third kappa shape index (κ3) is 3.91. The monoisotopic (exact) mass is 282 g/mol. The number of nitrogens with two attached hydrogens (primary N) is 1. The van der Waals surface area contributed by atoms with Crippen molar-refractivity contribution in [3.63, 3.8) is 0 Å². The number of hydrogen-bond donors (Lipinski definition) is 2. The quantitative estimate of drug-likeness (QED) is 0.832. The van der Waals surface area contributed by atoms with E-state index in [0.717, 1.165) is 5.56 Å².